The number of aryl methyl sites for hydroxylation is 3. The van der Waals surface area contributed by atoms with Gasteiger partial charge in [0, 0.05) is 19.5 Å². The van der Waals surface area contributed by atoms with E-state index in [1.807, 2.05) is 49.9 Å². The average molecular weight is 227 g/mol. The maximum atomic E-state index is 12.4. The Morgan fingerprint density at radius 3 is 2.65 bits per heavy atom. The molecule has 2 heterocycles. The Hall–Kier alpha value is -2.10. The second kappa shape index (κ2) is 3.20. The molecule has 0 aliphatic carbocycles. The van der Waals surface area contributed by atoms with Crippen LogP contribution in [0.1, 0.15) is 5.69 Å². The van der Waals surface area contributed by atoms with Crippen molar-refractivity contribution >= 4 is 21.9 Å². The summed E-state index contributed by atoms with van der Waals surface area (Å²) in [5, 5.41) is 5.80. The lowest BCUT2D eigenvalue weighted by atomic mass is 10.1. The lowest BCUT2D eigenvalue weighted by Crippen LogP contribution is -2.10. The first-order valence-electron chi connectivity index (χ1n) is 5.52. The highest BCUT2D eigenvalue weighted by atomic mass is 16.1. The van der Waals surface area contributed by atoms with E-state index in [2.05, 4.69) is 5.10 Å². The summed E-state index contributed by atoms with van der Waals surface area (Å²) in [7, 11) is 3.83. The summed E-state index contributed by atoms with van der Waals surface area (Å²) in [4.78, 5) is 12.4. The van der Waals surface area contributed by atoms with E-state index in [0.717, 1.165) is 22.2 Å². The van der Waals surface area contributed by atoms with Crippen LogP contribution in [-0.2, 0) is 14.1 Å². The van der Waals surface area contributed by atoms with Gasteiger partial charge < -0.3 is 4.57 Å². The van der Waals surface area contributed by atoms with Crippen molar-refractivity contribution in [2.75, 3.05) is 0 Å². The third-order valence-corrected chi connectivity index (χ3v) is 3.25. The van der Waals surface area contributed by atoms with Crippen LogP contribution >= 0.6 is 0 Å². The van der Waals surface area contributed by atoms with Gasteiger partial charge in [-0.3, -0.25) is 9.48 Å². The van der Waals surface area contributed by atoms with Gasteiger partial charge in [-0.15, -0.1) is 0 Å². The van der Waals surface area contributed by atoms with E-state index < -0.39 is 0 Å². The summed E-state index contributed by atoms with van der Waals surface area (Å²) in [6, 6.07) is 7.65. The minimum Gasteiger partial charge on any atom is -0.328 e. The van der Waals surface area contributed by atoms with E-state index in [0.29, 0.717) is 5.39 Å². The van der Waals surface area contributed by atoms with Gasteiger partial charge >= 0.3 is 0 Å². The monoisotopic (exact) mass is 227 g/mol. The van der Waals surface area contributed by atoms with E-state index in [4.69, 9.17) is 0 Å². The lowest BCUT2D eigenvalue weighted by Gasteiger charge is -2.08. The fourth-order valence-electron chi connectivity index (χ4n) is 2.50. The number of benzene rings is 1. The minimum atomic E-state index is 0.0688. The van der Waals surface area contributed by atoms with E-state index >= 15 is 0 Å². The summed E-state index contributed by atoms with van der Waals surface area (Å²) in [6.07, 6.45) is 0. The molecule has 0 unspecified atom stereocenters. The molecule has 0 aliphatic heterocycles. The van der Waals surface area contributed by atoms with Gasteiger partial charge in [-0.2, -0.15) is 5.10 Å². The molecule has 0 atom stereocenters. The molecule has 3 aromatic rings. The Labute approximate surface area is 98.1 Å². The highest BCUT2D eigenvalue weighted by Gasteiger charge is 2.14. The lowest BCUT2D eigenvalue weighted by molar-refractivity contribution is 0.753. The Bertz CT molecular complexity index is 796. The standard InChI is InChI=1S/C13H13N3O/c1-8-11-12(17)9-6-4-5-7-10(9)15(2)13(11)16(3)14-8/h4-7H,1-3H3. The third kappa shape index (κ3) is 1.18. The van der Waals surface area contributed by atoms with Crippen molar-refractivity contribution in [2.24, 2.45) is 14.1 Å². The van der Waals surface area contributed by atoms with Crippen LogP contribution in [0.4, 0.5) is 0 Å². The highest BCUT2D eigenvalue weighted by molar-refractivity contribution is 5.93. The predicted molar refractivity (Wildman–Crippen MR) is 68.2 cm³/mol. The first-order valence-corrected chi connectivity index (χ1v) is 5.52. The van der Waals surface area contributed by atoms with E-state index in [-0.39, 0.29) is 5.43 Å². The van der Waals surface area contributed by atoms with Crippen molar-refractivity contribution in [3.05, 3.63) is 40.2 Å². The summed E-state index contributed by atoms with van der Waals surface area (Å²) in [6.45, 7) is 1.87. The van der Waals surface area contributed by atoms with Crippen LogP contribution in [0.15, 0.2) is 29.1 Å². The largest absolute Gasteiger partial charge is 0.328 e. The van der Waals surface area contributed by atoms with Crippen molar-refractivity contribution in [2.45, 2.75) is 6.92 Å². The molecular formula is C13H13N3O. The fourth-order valence-corrected chi connectivity index (χ4v) is 2.50. The summed E-state index contributed by atoms with van der Waals surface area (Å²) < 4.78 is 3.78. The van der Waals surface area contributed by atoms with Crippen molar-refractivity contribution in [1.29, 1.82) is 0 Å². The van der Waals surface area contributed by atoms with Crippen molar-refractivity contribution in [3.8, 4) is 0 Å². The van der Waals surface area contributed by atoms with Crippen molar-refractivity contribution in [1.82, 2.24) is 14.3 Å². The maximum Gasteiger partial charge on any atom is 0.200 e. The molecule has 4 heteroatoms. The number of nitrogens with zero attached hydrogens (tertiary/aromatic N) is 3. The van der Waals surface area contributed by atoms with Crippen LogP contribution in [0.3, 0.4) is 0 Å². The summed E-state index contributed by atoms with van der Waals surface area (Å²) in [5.74, 6) is 0. The van der Waals surface area contributed by atoms with E-state index in [9.17, 15) is 4.79 Å². The van der Waals surface area contributed by atoms with Gasteiger partial charge in [0.2, 0.25) is 5.43 Å². The predicted octanol–water partition coefficient (Wildman–Crippen LogP) is 1.73. The molecule has 86 valence electrons. The molecule has 0 amide bonds. The van der Waals surface area contributed by atoms with Gasteiger partial charge in [-0.05, 0) is 19.1 Å². The number of para-hydroxylation sites is 1. The zero-order valence-electron chi connectivity index (χ0n) is 10.1. The Morgan fingerprint density at radius 1 is 1.18 bits per heavy atom. The van der Waals surface area contributed by atoms with E-state index in [1.54, 1.807) is 4.68 Å². The molecule has 3 rings (SSSR count). The SMILES string of the molecule is Cc1nn(C)c2c1c(=O)c1ccccc1n2C. The Kier molecular flexibility index (Phi) is 1.90. The zero-order valence-corrected chi connectivity index (χ0v) is 10.1. The average Bonchev–Trinajstić information content (AvgIpc) is 2.62. The molecule has 0 fully saturated rings. The second-order valence-corrected chi connectivity index (χ2v) is 4.31. The smallest absolute Gasteiger partial charge is 0.200 e. The summed E-state index contributed by atoms with van der Waals surface area (Å²) >= 11 is 0. The molecule has 4 nitrogen and oxygen atoms in total. The Balaban J connectivity index is 2.76. The molecule has 0 saturated carbocycles. The number of fused-ring (bicyclic) bond motifs is 2. The molecule has 0 spiro atoms. The van der Waals surface area contributed by atoms with Crippen LogP contribution in [0.25, 0.3) is 21.9 Å². The quantitative estimate of drug-likeness (QED) is 0.587. The normalized spacial score (nSPS) is 11.5. The molecule has 1 aromatic carbocycles. The van der Waals surface area contributed by atoms with Gasteiger partial charge in [-0.25, -0.2) is 0 Å². The van der Waals surface area contributed by atoms with Gasteiger partial charge in [-0.1, -0.05) is 12.1 Å². The minimum absolute atomic E-state index is 0.0688. The number of aromatic nitrogens is 3. The molecule has 0 saturated heterocycles. The number of hydrogen-bond donors (Lipinski definition) is 0. The van der Waals surface area contributed by atoms with Gasteiger partial charge in [0.25, 0.3) is 0 Å². The van der Waals surface area contributed by atoms with Crippen molar-refractivity contribution < 1.29 is 0 Å². The van der Waals surface area contributed by atoms with Crippen molar-refractivity contribution in [3.63, 3.8) is 0 Å². The van der Waals surface area contributed by atoms with Gasteiger partial charge in [0.05, 0.1) is 16.6 Å². The first-order chi connectivity index (χ1) is 8.11. The Morgan fingerprint density at radius 2 is 1.88 bits per heavy atom. The summed E-state index contributed by atoms with van der Waals surface area (Å²) in [5.41, 5.74) is 2.66. The number of hydrogen-bond acceptors (Lipinski definition) is 2. The number of pyridine rings is 1. The maximum absolute atomic E-state index is 12.4. The zero-order chi connectivity index (χ0) is 12.2. The van der Waals surface area contributed by atoms with Crippen LogP contribution < -0.4 is 5.43 Å². The molecule has 0 bridgehead atoms. The van der Waals surface area contributed by atoms with Gasteiger partial charge in [0.1, 0.15) is 5.65 Å². The van der Waals surface area contributed by atoms with Crippen LogP contribution in [-0.4, -0.2) is 14.3 Å². The number of rotatable bonds is 0. The third-order valence-electron chi connectivity index (χ3n) is 3.25. The molecule has 0 radical (unpaired) electrons. The molecule has 0 aliphatic rings. The molecule has 2 aromatic heterocycles. The molecule has 17 heavy (non-hydrogen) atoms. The van der Waals surface area contributed by atoms with Crippen LogP contribution in [0.2, 0.25) is 0 Å². The highest BCUT2D eigenvalue weighted by Crippen LogP contribution is 2.19. The molecule has 0 N–H and O–H groups in total. The first kappa shape index (κ1) is 10.1. The molecular weight excluding hydrogens is 214 g/mol. The van der Waals surface area contributed by atoms with Gasteiger partial charge in [0.15, 0.2) is 0 Å². The van der Waals surface area contributed by atoms with Crippen LogP contribution in [0, 0.1) is 6.92 Å². The topological polar surface area (TPSA) is 39.8 Å². The second-order valence-electron chi connectivity index (χ2n) is 4.31. The van der Waals surface area contributed by atoms with Crippen LogP contribution in [0.5, 0.6) is 0 Å². The van der Waals surface area contributed by atoms with E-state index in [1.165, 1.54) is 0 Å². The fraction of sp³-hybridized carbons (Fsp3) is 0.231.